The molecule has 0 spiro atoms. The lowest BCUT2D eigenvalue weighted by Gasteiger charge is -2.26. The molecule has 0 saturated heterocycles. The number of carboxylic acids is 1. The summed E-state index contributed by atoms with van der Waals surface area (Å²) in [4.78, 5) is 57.3. The third kappa shape index (κ3) is 9.34. The van der Waals surface area contributed by atoms with Gasteiger partial charge in [0.05, 0.1) is 12.4 Å². The number of thiol groups is 1. The fourth-order valence-corrected chi connectivity index (χ4v) is 3.65. The lowest BCUT2D eigenvalue weighted by atomic mass is 10.0. The van der Waals surface area contributed by atoms with E-state index in [9.17, 15) is 24.3 Å². The number of rotatable bonds is 14. The van der Waals surface area contributed by atoms with Crippen LogP contribution in [-0.2, 0) is 32.0 Å². The zero-order chi connectivity index (χ0) is 26.7. The van der Waals surface area contributed by atoms with Crippen LogP contribution in [0.4, 0.5) is 0 Å². The molecule has 11 nitrogen and oxygen atoms in total. The average Bonchev–Trinajstić information content (AvgIpc) is 3.35. The van der Waals surface area contributed by atoms with Gasteiger partial charge in [-0.3, -0.25) is 14.4 Å². The van der Waals surface area contributed by atoms with Gasteiger partial charge in [-0.15, -0.1) is 0 Å². The molecule has 4 atom stereocenters. The maximum absolute atomic E-state index is 13.2. The third-order valence-electron chi connectivity index (χ3n) is 5.38. The molecule has 0 aliphatic heterocycles. The number of H-pyrrole nitrogens is 1. The molecule has 36 heavy (non-hydrogen) atoms. The van der Waals surface area contributed by atoms with Gasteiger partial charge in [-0.25, -0.2) is 9.78 Å². The van der Waals surface area contributed by atoms with Crippen molar-refractivity contribution in [1.29, 1.82) is 0 Å². The number of hydrogen-bond acceptors (Lipinski definition) is 7. The van der Waals surface area contributed by atoms with Gasteiger partial charge in [-0.2, -0.15) is 12.6 Å². The van der Waals surface area contributed by atoms with Crippen LogP contribution in [0.25, 0.3) is 0 Å². The van der Waals surface area contributed by atoms with Crippen LogP contribution in [0.1, 0.15) is 31.5 Å². The van der Waals surface area contributed by atoms with Crippen LogP contribution < -0.4 is 21.7 Å². The summed E-state index contributed by atoms with van der Waals surface area (Å²) in [6.45, 7) is 3.75. The number of aromatic nitrogens is 2. The zero-order valence-electron chi connectivity index (χ0n) is 20.3. The summed E-state index contributed by atoms with van der Waals surface area (Å²) in [7, 11) is 0. The lowest BCUT2D eigenvalue weighted by Crippen LogP contribution is -2.58. The molecule has 2 rings (SSSR count). The summed E-state index contributed by atoms with van der Waals surface area (Å²) in [6, 6.07) is 4.75. The second-order valence-corrected chi connectivity index (χ2v) is 9.28. The number of nitrogens with zero attached hydrogens (tertiary/aromatic N) is 1. The molecule has 1 aromatic heterocycles. The van der Waals surface area contributed by atoms with Gasteiger partial charge < -0.3 is 31.8 Å². The first kappa shape index (κ1) is 28.9. The molecule has 196 valence electrons. The first-order valence-electron chi connectivity index (χ1n) is 11.6. The van der Waals surface area contributed by atoms with Crippen LogP contribution >= 0.6 is 12.6 Å². The minimum absolute atomic E-state index is 0.0108. The minimum atomic E-state index is -1.19. The number of carboxylic acid groups (broad SMARTS) is 1. The molecule has 0 aliphatic rings. The number of nitrogens with two attached hydrogens (primary N) is 1. The SMILES string of the molecule is CC(C)CC(NC(=O)C(Cc1cnc[nH]1)NC(=O)C(N)CS)C(=O)NC(Cc1ccccc1)C(=O)O. The topological polar surface area (TPSA) is 179 Å². The van der Waals surface area contributed by atoms with Gasteiger partial charge in [0.25, 0.3) is 0 Å². The van der Waals surface area contributed by atoms with Crippen molar-refractivity contribution in [3.05, 3.63) is 54.1 Å². The van der Waals surface area contributed by atoms with Gasteiger partial charge in [0, 0.05) is 30.5 Å². The van der Waals surface area contributed by atoms with E-state index in [0.717, 1.165) is 5.56 Å². The number of carbonyl (C=O) groups is 4. The van der Waals surface area contributed by atoms with E-state index in [0.29, 0.717) is 5.69 Å². The highest BCUT2D eigenvalue weighted by molar-refractivity contribution is 7.80. The van der Waals surface area contributed by atoms with E-state index in [-0.39, 0.29) is 30.9 Å². The molecule has 1 heterocycles. The molecule has 0 radical (unpaired) electrons. The number of hydrogen-bond donors (Lipinski definition) is 7. The van der Waals surface area contributed by atoms with Gasteiger partial charge in [0.15, 0.2) is 0 Å². The maximum atomic E-state index is 13.2. The van der Waals surface area contributed by atoms with Crippen LogP contribution in [-0.4, -0.2) is 68.7 Å². The first-order valence-corrected chi connectivity index (χ1v) is 12.3. The highest BCUT2D eigenvalue weighted by Crippen LogP contribution is 2.09. The Balaban J connectivity index is 2.17. The standard InChI is InChI=1S/C24H34N6O5S/c1-14(2)8-18(22(32)30-20(24(34)35)9-15-6-4-3-5-7-15)29-23(33)19(10-16-11-26-13-27-16)28-21(31)17(25)12-36/h3-7,11,13-14,17-20,36H,8-10,12,25H2,1-2H3,(H,26,27)(H,28,31)(H,29,33)(H,30,32)(H,34,35). The van der Waals surface area contributed by atoms with Crippen molar-refractivity contribution in [1.82, 2.24) is 25.9 Å². The van der Waals surface area contributed by atoms with E-state index in [4.69, 9.17) is 5.73 Å². The monoisotopic (exact) mass is 518 g/mol. The van der Waals surface area contributed by atoms with Gasteiger partial charge in [-0.1, -0.05) is 44.2 Å². The van der Waals surface area contributed by atoms with Crippen molar-refractivity contribution in [2.45, 2.75) is 57.3 Å². The zero-order valence-corrected chi connectivity index (χ0v) is 21.2. The molecule has 12 heteroatoms. The van der Waals surface area contributed by atoms with Crippen molar-refractivity contribution < 1.29 is 24.3 Å². The Bertz CT molecular complexity index is 1000. The van der Waals surface area contributed by atoms with E-state index in [1.165, 1.54) is 12.5 Å². The normalized spacial score (nSPS) is 14.4. The van der Waals surface area contributed by atoms with Gasteiger partial charge in [0.1, 0.15) is 18.1 Å². The largest absolute Gasteiger partial charge is 0.480 e. The Morgan fingerprint density at radius 3 is 2.14 bits per heavy atom. The number of nitrogens with one attached hydrogen (secondary N) is 4. The summed E-state index contributed by atoms with van der Waals surface area (Å²) >= 11 is 4.02. The summed E-state index contributed by atoms with van der Waals surface area (Å²) < 4.78 is 0. The van der Waals surface area contributed by atoms with Crippen molar-refractivity contribution in [3.8, 4) is 0 Å². The highest BCUT2D eigenvalue weighted by Gasteiger charge is 2.31. The fraction of sp³-hybridized carbons (Fsp3) is 0.458. The highest BCUT2D eigenvalue weighted by atomic mass is 32.1. The second-order valence-electron chi connectivity index (χ2n) is 8.91. The van der Waals surface area contributed by atoms with E-state index < -0.39 is 47.9 Å². The summed E-state index contributed by atoms with van der Waals surface area (Å²) in [5.74, 6) is -2.90. The summed E-state index contributed by atoms with van der Waals surface area (Å²) in [6.07, 6.45) is 3.39. The molecule has 1 aromatic carbocycles. The quantitative estimate of drug-likeness (QED) is 0.172. The Hall–Kier alpha value is -3.38. The van der Waals surface area contributed by atoms with E-state index in [1.54, 1.807) is 24.3 Å². The van der Waals surface area contributed by atoms with E-state index in [1.807, 2.05) is 19.9 Å². The molecule has 0 aliphatic carbocycles. The van der Waals surface area contributed by atoms with Crippen LogP contribution in [0, 0.1) is 5.92 Å². The van der Waals surface area contributed by atoms with Crippen LogP contribution in [0.15, 0.2) is 42.9 Å². The van der Waals surface area contributed by atoms with Crippen molar-refractivity contribution in [2.75, 3.05) is 5.75 Å². The van der Waals surface area contributed by atoms with Crippen molar-refractivity contribution in [3.63, 3.8) is 0 Å². The Morgan fingerprint density at radius 2 is 1.58 bits per heavy atom. The molecular formula is C24H34N6O5S. The lowest BCUT2D eigenvalue weighted by molar-refractivity contribution is -0.142. The number of carbonyl (C=O) groups excluding carboxylic acids is 3. The number of amides is 3. The molecule has 7 N–H and O–H groups in total. The van der Waals surface area contributed by atoms with Crippen LogP contribution in [0.3, 0.4) is 0 Å². The number of benzene rings is 1. The predicted molar refractivity (Wildman–Crippen MR) is 137 cm³/mol. The van der Waals surface area contributed by atoms with E-state index >= 15 is 0 Å². The Labute approximate surface area is 215 Å². The fourth-order valence-electron chi connectivity index (χ4n) is 3.48. The molecule has 0 bridgehead atoms. The predicted octanol–water partition coefficient (Wildman–Crippen LogP) is 0.0371. The van der Waals surface area contributed by atoms with Crippen molar-refractivity contribution in [2.24, 2.45) is 11.7 Å². The number of aliphatic carboxylic acids is 1. The molecule has 4 unspecified atom stereocenters. The molecule has 0 fully saturated rings. The Kier molecular flexibility index (Phi) is 11.4. The van der Waals surface area contributed by atoms with Gasteiger partial charge in [-0.05, 0) is 17.9 Å². The third-order valence-corrected chi connectivity index (χ3v) is 5.78. The summed E-state index contributed by atoms with van der Waals surface area (Å²) in [5.41, 5.74) is 7.08. The van der Waals surface area contributed by atoms with Crippen LogP contribution in [0.2, 0.25) is 0 Å². The number of imidazole rings is 1. The van der Waals surface area contributed by atoms with E-state index in [2.05, 4.69) is 38.5 Å². The average molecular weight is 519 g/mol. The smallest absolute Gasteiger partial charge is 0.326 e. The first-order chi connectivity index (χ1) is 17.1. The maximum Gasteiger partial charge on any atom is 0.326 e. The number of aromatic amines is 1. The molecule has 0 saturated carbocycles. The van der Waals surface area contributed by atoms with Crippen LogP contribution in [0.5, 0.6) is 0 Å². The molecular weight excluding hydrogens is 484 g/mol. The van der Waals surface area contributed by atoms with Gasteiger partial charge in [0.2, 0.25) is 17.7 Å². The van der Waals surface area contributed by atoms with Crippen molar-refractivity contribution >= 4 is 36.3 Å². The summed E-state index contributed by atoms with van der Waals surface area (Å²) in [5, 5.41) is 17.5. The molecule has 3 amide bonds. The minimum Gasteiger partial charge on any atom is -0.480 e. The Morgan fingerprint density at radius 1 is 0.972 bits per heavy atom. The van der Waals surface area contributed by atoms with Gasteiger partial charge >= 0.3 is 5.97 Å². The molecule has 2 aromatic rings. The second kappa shape index (κ2) is 14.2.